The van der Waals surface area contributed by atoms with Crippen molar-refractivity contribution in [3.63, 3.8) is 0 Å². The van der Waals surface area contributed by atoms with Crippen LogP contribution in [0.2, 0.25) is 0 Å². The Labute approximate surface area is 197 Å². The SMILES string of the molecule is CCn1cc([N+](=O)[O-])c(C(=O)N2N=C3/C(=C/c4ccccc4)CCC[C@@H]3[C@@H]2c2ccccc2)n1. The van der Waals surface area contributed by atoms with Gasteiger partial charge in [0.25, 0.3) is 0 Å². The van der Waals surface area contributed by atoms with Crippen LogP contribution in [0.25, 0.3) is 6.08 Å². The fourth-order valence-electron chi connectivity index (χ4n) is 4.87. The molecule has 5 rings (SSSR count). The summed E-state index contributed by atoms with van der Waals surface area (Å²) in [5.41, 5.74) is 3.55. The molecule has 2 heterocycles. The van der Waals surface area contributed by atoms with Crippen LogP contribution in [0.5, 0.6) is 0 Å². The van der Waals surface area contributed by atoms with Gasteiger partial charge in [0, 0.05) is 12.5 Å². The van der Waals surface area contributed by atoms with Crippen molar-refractivity contribution in [1.82, 2.24) is 14.8 Å². The van der Waals surface area contributed by atoms with Crippen LogP contribution in [0, 0.1) is 16.0 Å². The Balaban J connectivity index is 1.61. The minimum atomic E-state index is -0.555. The molecule has 1 amide bonds. The largest absolute Gasteiger partial charge is 0.320 e. The van der Waals surface area contributed by atoms with Crippen LogP contribution in [0.1, 0.15) is 53.8 Å². The lowest BCUT2D eigenvalue weighted by Gasteiger charge is -2.29. The summed E-state index contributed by atoms with van der Waals surface area (Å²) in [5, 5.41) is 22.1. The molecule has 0 N–H and O–H groups in total. The van der Waals surface area contributed by atoms with E-state index in [4.69, 9.17) is 5.10 Å². The van der Waals surface area contributed by atoms with E-state index in [0.717, 1.165) is 41.7 Å². The predicted molar refractivity (Wildman–Crippen MR) is 129 cm³/mol. The Hall–Kier alpha value is -4.07. The van der Waals surface area contributed by atoms with Gasteiger partial charge in [-0.15, -0.1) is 0 Å². The summed E-state index contributed by atoms with van der Waals surface area (Å²) in [7, 11) is 0. The van der Waals surface area contributed by atoms with E-state index in [1.807, 2.05) is 67.6 Å². The lowest BCUT2D eigenvalue weighted by molar-refractivity contribution is -0.385. The second-order valence-corrected chi connectivity index (χ2v) is 8.55. The van der Waals surface area contributed by atoms with Gasteiger partial charge in [-0.1, -0.05) is 60.7 Å². The number of rotatable bonds is 5. The van der Waals surface area contributed by atoms with Gasteiger partial charge in [-0.25, -0.2) is 5.01 Å². The van der Waals surface area contributed by atoms with Crippen molar-refractivity contribution in [2.75, 3.05) is 0 Å². The van der Waals surface area contributed by atoms with Crippen molar-refractivity contribution in [2.24, 2.45) is 11.0 Å². The van der Waals surface area contributed by atoms with Gasteiger partial charge in [0.1, 0.15) is 6.20 Å². The molecular weight excluding hydrogens is 430 g/mol. The fourth-order valence-corrected chi connectivity index (χ4v) is 4.87. The zero-order valence-corrected chi connectivity index (χ0v) is 18.9. The van der Waals surface area contributed by atoms with Gasteiger partial charge in [-0.2, -0.15) is 10.2 Å². The van der Waals surface area contributed by atoms with Crippen LogP contribution in [0.15, 0.2) is 77.5 Å². The van der Waals surface area contributed by atoms with Crippen LogP contribution in [0.4, 0.5) is 5.69 Å². The first-order chi connectivity index (χ1) is 16.6. The van der Waals surface area contributed by atoms with Gasteiger partial charge in [0.05, 0.1) is 16.7 Å². The van der Waals surface area contributed by atoms with E-state index in [9.17, 15) is 14.9 Å². The molecule has 3 aromatic rings. The van der Waals surface area contributed by atoms with Crippen molar-refractivity contribution < 1.29 is 9.72 Å². The highest BCUT2D eigenvalue weighted by molar-refractivity contribution is 6.09. The lowest BCUT2D eigenvalue weighted by atomic mass is 9.77. The van der Waals surface area contributed by atoms with E-state index in [0.29, 0.717) is 6.54 Å². The number of nitro groups is 1. The number of allylic oxidation sites excluding steroid dienone is 1. The highest BCUT2D eigenvalue weighted by atomic mass is 16.6. The monoisotopic (exact) mass is 455 g/mol. The second kappa shape index (κ2) is 9.05. The molecule has 34 heavy (non-hydrogen) atoms. The number of fused-ring (bicyclic) bond motifs is 1. The van der Waals surface area contributed by atoms with Crippen molar-refractivity contribution in [3.05, 3.63) is 99.4 Å². The van der Waals surface area contributed by atoms with Gasteiger partial charge in [-0.3, -0.25) is 19.6 Å². The number of hydrogen-bond donors (Lipinski definition) is 0. The number of carbonyl (C=O) groups excluding carboxylic acids is 1. The number of aromatic nitrogens is 2. The molecule has 8 heteroatoms. The summed E-state index contributed by atoms with van der Waals surface area (Å²) >= 11 is 0. The third-order valence-corrected chi connectivity index (χ3v) is 6.46. The first kappa shape index (κ1) is 21.8. The molecule has 1 saturated carbocycles. The number of amides is 1. The number of benzene rings is 2. The first-order valence-electron chi connectivity index (χ1n) is 11.5. The number of aryl methyl sites for hydroxylation is 1. The molecule has 172 valence electrons. The molecule has 1 aliphatic heterocycles. The van der Waals surface area contributed by atoms with E-state index < -0.39 is 10.8 Å². The van der Waals surface area contributed by atoms with Crippen molar-refractivity contribution in [1.29, 1.82) is 0 Å². The van der Waals surface area contributed by atoms with Gasteiger partial charge >= 0.3 is 11.6 Å². The third kappa shape index (κ3) is 3.91. The molecule has 8 nitrogen and oxygen atoms in total. The summed E-state index contributed by atoms with van der Waals surface area (Å²) in [5.74, 6) is -0.531. The molecule has 2 atom stereocenters. The van der Waals surface area contributed by atoms with Crippen molar-refractivity contribution in [3.8, 4) is 0 Å². The topological polar surface area (TPSA) is 93.6 Å². The maximum absolute atomic E-state index is 13.7. The van der Waals surface area contributed by atoms with Crippen LogP contribution >= 0.6 is 0 Å². The molecular formula is C26H25N5O3. The summed E-state index contributed by atoms with van der Waals surface area (Å²) in [6.07, 6.45) is 6.19. The molecule has 0 unspecified atom stereocenters. The molecule has 2 aliphatic rings. The van der Waals surface area contributed by atoms with E-state index in [1.54, 1.807) is 0 Å². The number of carbonyl (C=O) groups is 1. The van der Waals surface area contributed by atoms with Crippen molar-refractivity contribution >= 4 is 23.4 Å². The highest BCUT2D eigenvalue weighted by Gasteiger charge is 2.45. The van der Waals surface area contributed by atoms with Gasteiger partial charge < -0.3 is 0 Å². The first-order valence-corrected chi connectivity index (χ1v) is 11.5. The van der Waals surface area contributed by atoms with Gasteiger partial charge in [-0.05, 0) is 49.0 Å². The Morgan fingerprint density at radius 3 is 2.53 bits per heavy atom. The predicted octanol–water partition coefficient (Wildman–Crippen LogP) is 5.25. The van der Waals surface area contributed by atoms with Crippen LogP contribution in [-0.4, -0.2) is 31.3 Å². The minimum Gasteiger partial charge on any atom is -0.265 e. The van der Waals surface area contributed by atoms with E-state index >= 15 is 0 Å². The number of nitrogens with zero attached hydrogens (tertiary/aromatic N) is 5. The Morgan fingerprint density at radius 1 is 1.15 bits per heavy atom. The number of hydrogen-bond acceptors (Lipinski definition) is 5. The van der Waals surface area contributed by atoms with E-state index in [2.05, 4.69) is 11.2 Å². The Morgan fingerprint density at radius 2 is 1.85 bits per heavy atom. The lowest BCUT2D eigenvalue weighted by Crippen LogP contribution is -2.32. The maximum atomic E-state index is 13.7. The van der Waals surface area contributed by atoms with Crippen LogP contribution in [-0.2, 0) is 6.54 Å². The normalized spacial score (nSPS) is 20.8. The Bertz CT molecular complexity index is 1280. The molecule has 0 radical (unpaired) electrons. The smallest absolute Gasteiger partial charge is 0.265 e. The van der Waals surface area contributed by atoms with E-state index in [1.165, 1.54) is 15.9 Å². The molecule has 1 fully saturated rings. The summed E-state index contributed by atoms with van der Waals surface area (Å²) in [6.45, 7) is 2.25. The molecule has 0 saturated heterocycles. The molecule has 1 aliphatic carbocycles. The Kier molecular flexibility index (Phi) is 5.79. The third-order valence-electron chi connectivity index (χ3n) is 6.46. The maximum Gasteiger partial charge on any atom is 0.320 e. The minimum absolute atomic E-state index is 0.0161. The van der Waals surface area contributed by atoms with Gasteiger partial charge in [0.2, 0.25) is 5.69 Å². The zero-order valence-electron chi connectivity index (χ0n) is 18.9. The van der Waals surface area contributed by atoms with Gasteiger partial charge in [0.15, 0.2) is 0 Å². The van der Waals surface area contributed by atoms with Crippen LogP contribution in [0.3, 0.4) is 0 Å². The second-order valence-electron chi connectivity index (χ2n) is 8.55. The summed E-state index contributed by atoms with van der Waals surface area (Å²) < 4.78 is 1.42. The van der Waals surface area contributed by atoms with E-state index in [-0.39, 0.29) is 23.3 Å². The molecule has 1 aromatic heterocycles. The van der Waals surface area contributed by atoms with Crippen LogP contribution < -0.4 is 0 Å². The quantitative estimate of drug-likeness (QED) is 0.388. The summed E-state index contributed by atoms with van der Waals surface area (Å²) in [4.78, 5) is 24.8. The molecule has 0 spiro atoms. The number of hydrazone groups is 1. The average molecular weight is 456 g/mol. The highest BCUT2D eigenvalue weighted by Crippen LogP contribution is 2.45. The molecule has 2 aromatic carbocycles. The van der Waals surface area contributed by atoms with Crippen molar-refractivity contribution in [2.45, 2.75) is 38.8 Å². The zero-order chi connectivity index (χ0) is 23.7. The summed E-state index contributed by atoms with van der Waals surface area (Å²) in [6, 6.07) is 19.5. The fraction of sp³-hybridized carbons (Fsp3) is 0.269. The average Bonchev–Trinajstić information content (AvgIpc) is 3.48. The standard InChI is InChI=1S/C26H25N5O3/c1-2-29-17-22(31(33)34)24(27-29)26(32)30-25(19-12-7-4-8-13-19)21-15-9-14-20(23(21)28-30)16-18-10-5-3-6-11-18/h3-8,10-13,16-17,21,25H,2,9,14-15H2,1H3/b20-16+/t21-,25-/m0/s1. The molecule has 0 bridgehead atoms.